The van der Waals surface area contributed by atoms with E-state index in [0.29, 0.717) is 0 Å². The van der Waals surface area contributed by atoms with E-state index in [9.17, 15) is 0 Å². The third-order valence-corrected chi connectivity index (χ3v) is 4.05. The second kappa shape index (κ2) is 8.32. The van der Waals surface area contributed by atoms with Crippen LogP contribution in [0.2, 0.25) is 0 Å². The van der Waals surface area contributed by atoms with Gasteiger partial charge in [-0.05, 0) is 31.5 Å². The molecule has 1 fully saturated rings. The smallest absolute Gasteiger partial charge is 0.154 e. The van der Waals surface area contributed by atoms with Gasteiger partial charge in [0.25, 0.3) is 0 Å². The van der Waals surface area contributed by atoms with Crippen LogP contribution >= 0.6 is 0 Å². The number of rotatable bonds is 5. The third-order valence-electron chi connectivity index (χ3n) is 4.05. The molecule has 1 unspecified atom stereocenters. The highest BCUT2D eigenvalue weighted by molar-refractivity contribution is 5.30. The van der Waals surface area contributed by atoms with Crippen molar-refractivity contribution in [3.8, 4) is 12.3 Å². The highest BCUT2D eigenvalue weighted by Crippen LogP contribution is 2.28. The fourth-order valence-electron chi connectivity index (χ4n) is 2.78. The second-order valence-corrected chi connectivity index (χ2v) is 5.19. The zero-order valence-electron chi connectivity index (χ0n) is 12.1. The Balaban J connectivity index is 0.00000200. The SMILES string of the molecule is C#CC(CCN1CCCCC1)(OC)c1ccccc1.[Cl-]. The Hall–Kier alpha value is -1.01. The Bertz CT molecular complexity index is 422. The number of methoxy groups -OCH3 is 1. The van der Waals surface area contributed by atoms with Crippen molar-refractivity contribution in [1.82, 2.24) is 4.90 Å². The molecule has 0 radical (unpaired) electrons. The standard InChI is InChI=1S/C17H23NO.ClH/c1-3-17(19-2,16-10-6-4-7-11-16)12-15-18-13-8-5-9-14-18;/h1,4,6-7,10-11H,5,8-9,12-15H2,2H3;1H/p-1. The van der Waals surface area contributed by atoms with Gasteiger partial charge >= 0.3 is 0 Å². The first-order valence-electron chi connectivity index (χ1n) is 7.11. The van der Waals surface area contributed by atoms with E-state index in [-0.39, 0.29) is 12.4 Å². The summed E-state index contributed by atoms with van der Waals surface area (Å²) in [5.41, 5.74) is 0.496. The van der Waals surface area contributed by atoms with Gasteiger partial charge in [0.05, 0.1) is 0 Å². The lowest BCUT2D eigenvalue weighted by atomic mass is 9.90. The number of nitrogens with zero attached hydrogens (tertiary/aromatic N) is 1. The van der Waals surface area contributed by atoms with E-state index >= 15 is 0 Å². The predicted molar refractivity (Wildman–Crippen MR) is 78.9 cm³/mol. The van der Waals surface area contributed by atoms with Gasteiger partial charge in [-0.1, -0.05) is 42.7 Å². The topological polar surface area (TPSA) is 12.5 Å². The molecule has 0 saturated carbocycles. The van der Waals surface area contributed by atoms with Crippen molar-refractivity contribution in [2.45, 2.75) is 31.3 Å². The molecule has 1 saturated heterocycles. The third kappa shape index (κ3) is 3.99. The van der Waals surface area contributed by atoms with E-state index in [4.69, 9.17) is 11.2 Å². The van der Waals surface area contributed by atoms with Crippen LogP contribution in [0, 0.1) is 12.3 Å². The number of piperidine rings is 1. The minimum absolute atomic E-state index is 0. The average molecular weight is 293 g/mol. The van der Waals surface area contributed by atoms with Crippen LogP contribution < -0.4 is 12.4 Å². The molecule has 1 aromatic carbocycles. The molecule has 1 aromatic rings. The molecule has 0 aliphatic carbocycles. The summed E-state index contributed by atoms with van der Waals surface area (Å²) in [6.45, 7) is 3.39. The lowest BCUT2D eigenvalue weighted by molar-refractivity contribution is -0.00000945. The Kier molecular flexibility index (Phi) is 7.09. The normalized spacial score (nSPS) is 18.6. The quantitative estimate of drug-likeness (QED) is 0.711. The van der Waals surface area contributed by atoms with Crippen molar-refractivity contribution in [3.05, 3.63) is 35.9 Å². The fourth-order valence-corrected chi connectivity index (χ4v) is 2.78. The highest BCUT2D eigenvalue weighted by atomic mass is 35.5. The van der Waals surface area contributed by atoms with Gasteiger partial charge in [-0.25, -0.2) is 0 Å². The summed E-state index contributed by atoms with van der Waals surface area (Å²) in [5, 5.41) is 0. The van der Waals surface area contributed by atoms with Crippen LogP contribution in [0.4, 0.5) is 0 Å². The first-order valence-corrected chi connectivity index (χ1v) is 7.11. The van der Waals surface area contributed by atoms with Crippen molar-refractivity contribution < 1.29 is 17.1 Å². The van der Waals surface area contributed by atoms with Crippen molar-refractivity contribution in [2.75, 3.05) is 26.7 Å². The van der Waals surface area contributed by atoms with E-state index in [1.54, 1.807) is 7.11 Å². The molecule has 2 rings (SSSR count). The zero-order chi connectivity index (χ0) is 13.6. The lowest BCUT2D eigenvalue weighted by Crippen LogP contribution is -3.00. The largest absolute Gasteiger partial charge is 1.00 e. The van der Waals surface area contributed by atoms with Crippen LogP contribution in [0.25, 0.3) is 0 Å². The van der Waals surface area contributed by atoms with Gasteiger partial charge in [0.1, 0.15) is 0 Å². The zero-order valence-corrected chi connectivity index (χ0v) is 12.9. The summed E-state index contributed by atoms with van der Waals surface area (Å²) in [6.07, 6.45) is 10.6. The first-order chi connectivity index (χ1) is 9.30. The molecular weight excluding hydrogens is 270 g/mol. The van der Waals surface area contributed by atoms with E-state index in [1.807, 2.05) is 18.2 Å². The summed E-state index contributed by atoms with van der Waals surface area (Å²) in [7, 11) is 1.71. The molecule has 0 N–H and O–H groups in total. The van der Waals surface area contributed by atoms with Crippen LogP contribution in [0.15, 0.2) is 30.3 Å². The van der Waals surface area contributed by atoms with Gasteiger partial charge in [-0.2, -0.15) is 0 Å². The molecular formula is C17H23ClNO-. The monoisotopic (exact) mass is 292 g/mol. The van der Waals surface area contributed by atoms with Crippen LogP contribution in [0.1, 0.15) is 31.2 Å². The van der Waals surface area contributed by atoms with E-state index < -0.39 is 5.60 Å². The number of hydrogen-bond donors (Lipinski definition) is 0. The Morgan fingerprint density at radius 1 is 1.20 bits per heavy atom. The minimum Gasteiger partial charge on any atom is -1.00 e. The Labute approximate surface area is 128 Å². The van der Waals surface area contributed by atoms with Gasteiger partial charge in [-0.3, -0.25) is 0 Å². The van der Waals surface area contributed by atoms with Crippen LogP contribution in [-0.2, 0) is 10.3 Å². The van der Waals surface area contributed by atoms with Crippen molar-refractivity contribution in [3.63, 3.8) is 0 Å². The van der Waals surface area contributed by atoms with E-state index in [2.05, 4.69) is 23.0 Å². The molecule has 2 nitrogen and oxygen atoms in total. The minimum atomic E-state index is -0.585. The summed E-state index contributed by atoms with van der Waals surface area (Å²) in [6, 6.07) is 10.1. The highest BCUT2D eigenvalue weighted by Gasteiger charge is 2.30. The second-order valence-electron chi connectivity index (χ2n) is 5.19. The molecule has 1 heterocycles. The molecule has 1 aliphatic rings. The maximum absolute atomic E-state index is 5.77. The van der Waals surface area contributed by atoms with Gasteiger partial charge in [-0.15, -0.1) is 6.42 Å². The summed E-state index contributed by atoms with van der Waals surface area (Å²) < 4.78 is 5.70. The molecule has 3 heteroatoms. The summed E-state index contributed by atoms with van der Waals surface area (Å²) in [4.78, 5) is 2.50. The van der Waals surface area contributed by atoms with Crippen molar-refractivity contribution in [2.24, 2.45) is 0 Å². The van der Waals surface area contributed by atoms with E-state index in [0.717, 1.165) is 18.5 Å². The molecule has 1 aliphatic heterocycles. The molecule has 0 bridgehead atoms. The molecule has 1 atom stereocenters. The van der Waals surface area contributed by atoms with Crippen LogP contribution in [-0.4, -0.2) is 31.6 Å². The Morgan fingerprint density at radius 2 is 1.85 bits per heavy atom. The van der Waals surface area contributed by atoms with Gasteiger partial charge < -0.3 is 22.0 Å². The first kappa shape index (κ1) is 17.0. The molecule has 20 heavy (non-hydrogen) atoms. The van der Waals surface area contributed by atoms with Gasteiger partial charge in [0, 0.05) is 20.1 Å². The molecule has 110 valence electrons. The number of hydrogen-bond acceptors (Lipinski definition) is 2. The summed E-state index contributed by atoms with van der Waals surface area (Å²) in [5.74, 6) is 2.87. The van der Waals surface area contributed by atoms with Crippen molar-refractivity contribution >= 4 is 0 Å². The lowest BCUT2D eigenvalue weighted by Gasteiger charge is -2.32. The van der Waals surface area contributed by atoms with Gasteiger partial charge in [0.2, 0.25) is 0 Å². The number of ether oxygens (including phenoxy) is 1. The number of halogens is 1. The van der Waals surface area contributed by atoms with E-state index in [1.165, 1.54) is 32.4 Å². The maximum atomic E-state index is 5.77. The molecule has 0 spiro atoms. The number of likely N-dealkylation sites (tertiary alicyclic amines) is 1. The van der Waals surface area contributed by atoms with Crippen LogP contribution in [0.3, 0.4) is 0 Å². The number of terminal acetylenes is 1. The predicted octanol–water partition coefficient (Wildman–Crippen LogP) is 0.0415. The maximum Gasteiger partial charge on any atom is 0.154 e. The summed E-state index contributed by atoms with van der Waals surface area (Å²) >= 11 is 0. The molecule has 0 aromatic heterocycles. The Morgan fingerprint density at radius 3 is 2.40 bits per heavy atom. The fraction of sp³-hybridized carbons (Fsp3) is 0.529. The number of benzene rings is 1. The van der Waals surface area contributed by atoms with Gasteiger partial charge in [0.15, 0.2) is 5.60 Å². The van der Waals surface area contributed by atoms with Crippen molar-refractivity contribution in [1.29, 1.82) is 0 Å². The average Bonchev–Trinajstić information content (AvgIpc) is 2.51. The molecule has 0 amide bonds. The van der Waals surface area contributed by atoms with Crippen LogP contribution in [0.5, 0.6) is 0 Å².